The maximum absolute atomic E-state index is 10.4. The first kappa shape index (κ1) is 41.6. The largest absolute Gasteiger partial charge is 0.494 e. The molecule has 3 saturated carbocycles. The van der Waals surface area contributed by atoms with E-state index < -0.39 is 6.10 Å². The summed E-state index contributed by atoms with van der Waals surface area (Å²) in [5.41, 5.74) is 0. The molecule has 0 saturated heterocycles. The summed E-state index contributed by atoms with van der Waals surface area (Å²) in [4.78, 5) is 0. The number of aliphatic hydroxyl groups excluding tert-OH is 1. The van der Waals surface area contributed by atoms with E-state index in [0.29, 0.717) is 52.4 Å². The molecule has 5 unspecified atom stereocenters. The maximum atomic E-state index is 10.4. The molecule has 3 rings (SSSR count). The molecule has 3 fully saturated rings. The van der Waals surface area contributed by atoms with Gasteiger partial charge in [0, 0.05) is 0 Å². The van der Waals surface area contributed by atoms with Crippen molar-refractivity contribution in [1.82, 2.24) is 0 Å². The van der Waals surface area contributed by atoms with Crippen LogP contribution in [0.3, 0.4) is 0 Å². The second-order valence-corrected chi connectivity index (χ2v) is 14.3. The molecule has 0 spiro atoms. The number of ether oxygens (including phenoxy) is 8. The second kappa shape index (κ2) is 26.9. The van der Waals surface area contributed by atoms with Crippen molar-refractivity contribution in [3.8, 4) is 0 Å². The normalized spacial score (nSPS) is 22.3. The smallest absolute Gasteiger partial charge is 0.144 e. The highest BCUT2D eigenvalue weighted by Crippen LogP contribution is 2.23. The van der Waals surface area contributed by atoms with E-state index in [4.69, 9.17) is 37.9 Å². The molecule has 9 nitrogen and oxygen atoms in total. The van der Waals surface area contributed by atoms with Crippen LogP contribution in [-0.4, -0.2) is 107 Å². The third-order valence-electron chi connectivity index (χ3n) is 10.00. The van der Waals surface area contributed by atoms with Crippen molar-refractivity contribution in [2.24, 2.45) is 0 Å². The predicted octanol–water partition coefficient (Wildman–Crippen LogP) is 7.70. The van der Waals surface area contributed by atoms with Gasteiger partial charge in [0.15, 0.2) is 0 Å². The van der Waals surface area contributed by atoms with Crippen LogP contribution in [0.2, 0.25) is 0 Å². The minimum absolute atomic E-state index is 0.0379. The summed E-state index contributed by atoms with van der Waals surface area (Å²) < 4.78 is 49.0. The lowest BCUT2D eigenvalue weighted by molar-refractivity contribution is -0.125. The van der Waals surface area contributed by atoms with Gasteiger partial charge in [-0.15, -0.1) is 0 Å². The minimum Gasteiger partial charge on any atom is -0.494 e. The van der Waals surface area contributed by atoms with Crippen molar-refractivity contribution in [3.05, 3.63) is 12.8 Å². The van der Waals surface area contributed by atoms with Gasteiger partial charge < -0.3 is 43.0 Å². The van der Waals surface area contributed by atoms with Crippen LogP contribution < -0.4 is 0 Å². The topological polar surface area (TPSA) is 94.1 Å². The molecule has 0 aromatic rings. The third kappa shape index (κ3) is 19.0. The maximum Gasteiger partial charge on any atom is 0.144 e. The van der Waals surface area contributed by atoms with E-state index in [1.165, 1.54) is 89.7 Å². The Kier molecular flexibility index (Phi) is 23.4. The highest BCUT2D eigenvalue weighted by Gasteiger charge is 2.23. The molecular weight excluding hydrogens is 612 g/mol. The van der Waals surface area contributed by atoms with Crippen molar-refractivity contribution in [3.63, 3.8) is 0 Å². The van der Waals surface area contributed by atoms with Gasteiger partial charge in [0.05, 0.1) is 89.6 Å². The SMILES string of the molecule is C=COC(COCC(COCC(O)COC1CCCCC1)OC1CCCCC1)COC(CC)COCC(CC)OC1CCCCCCC1. The van der Waals surface area contributed by atoms with Crippen LogP contribution in [0, 0.1) is 0 Å². The van der Waals surface area contributed by atoms with E-state index >= 15 is 0 Å². The monoisotopic (exact) mass is 685 g/mol. The summed E-state index contributed by atoms with van der Waals surface area (Å²) in [6.45, 7) is 11.2. The molecular formula is C39H72O9. The van der Waals surface area contributed by atoms with E-state index in [2.05, 4.69) is 20.4 Å². The number of hydrogen-bond acceptors (Lipinski definition) is 9. The van der Waals surface area contributed by atoms with E-state index in [-0.39, 0.29) is 43.2 Å². The summed E-state index contributed by atoms with van der Waals surface area (Å²) in [6.07, 6.45) is 23.6. The Bertz CT molecular complexity index is 750. The zero-order chi connectivity index (χ0) is 34.1. The summed E-state index contributed by atoms with van der Waals surface area (Å²) in [7, 11) is 0. The van der Waals surface area contributed by atoms with Crippen LogP contribution in [0.15, 0.2) is 12.8 Å². The van der Waals surface area contributed by atoms with Gasteiger partial charge in [-0.25, -0.2) is 0 Å². The third-order valence-corrected chi connectivity index (χ3v) is 10.00. The lowest BCUT2D eigenvalue weighted by atomic mass is 9.98. The van der Waals surface area contributed by atoms with Crippen LogP contribution in [0.25, 0.3) is 0 Å². The molecule has 9 heteroatoms. The second-order valence-electron chi connectivity index (χ2n) is 14.3. The van der Waals surface area contributed by atoms with Crippen LogP contribution >= 0.6 is 0 Å². The van der Waals surface area contributed by atoms with Crippen molar-refractivity contribution < 1.29 is 43.0 Å². The van der Waals surface area contributed by atoms with Crippen molar-refractivity contribution in [2.45, 2.75) is 185 Å². The summed E-state index contributed by atoms with van der Waals surface area (Å²) >= 11 is 0. The highest BCUT2D eigenvalue weighted by atomic mass is 16.6. The first-order valence-electron chi connectivity index (χ1n) is 19.8. The molecule has 1 N–H and O–H groups in total. The van der Waals surface area contributed by atoms with Gasteiger partial charge >= 0.3 is 0 Å². The average Bonchev–Trinajstić information content (AvgIpc) is 3.09. The predicted molar refractivity (Wildman–Crippen MR) is 189 cm³/mol. The van der Waals surface area contributed by atoms with Gasteiger partial charge in [-0.05, 0) is 51.4 Å². The Morgan fingerprint density at radius 2 is 0.958 bits per heavy atom. The summed E-state index contributed by atoms with van der Waals surface area (Å²) in [5.74, 6) is 0. The molecule has 282 valence electrons. The van der Waals surface area contributed by atoms with Crippen LogP contribution in [0.5, 0.6) is 0 Å². The molecule has 3 aliphatic rings. The van der Waals surface area contributed by atoms with Gasteiger partial charge in [-0.2, -0.15) is 0 Å². The van der Waals surface area contributed by atoms with E-state index in [1.54, 1.807) is 0 Å². The Hall–Kier alpha value is -0.780. The van der Waals surface area contributed by atoms with E-state index in [1.807, 2.05) is 0 Å². The lowest BCUT2D eigenvalue weighted by Gasteiger charge is -2.28. The van der Waals surface area contributed by atoms with Crippen molar-refractivity contribution >= 4 is 0 Å². The summed E-state index contributed by atoms with van der Waals surface area (Å²) in [5, 5.41) is 10.4. The average molecular weight is 685 g/mol. The lowest BCUT2D eigenvalue weighted by Crippen LogP contribution is -2.35. The van der Waals surface area contributed by atoms with E-state index in [9.17, 15) is 5.11 Å². The van der Waals surface area contributed by atoms with Gasteiger partial charge in [0.2, 0.25) is 0 Å². The zero-order valence-electron chi connectivity index (χ0n) is 30.7. The van der Waals surface area contributed by atoms with Gasteiger partial charge in [-0.3, -0.25) is 0 Å². The van der Waals surface area contributed by atoms with Gasteiger partial charge in [0.25, 0.3) is 0 Å². The molecule has 0 aromatic heterocycles. The Morgan fingerprint density at radius 1 is 0.521 bits per heavy atom. The highest BCUT2D eigenvalue weighted by molar-refractivity contribution is 4.71. The Balaban J connectivity index is 1.36. The minimum atomic E-state index is -0.646. The fraction of sp³-hybridized carbons (Fsp3) is 0.949. The molecule has 3 aliphatic carbocycles. The number of aliphatic hydroxyl groups is 1. The summed E-state index contributed by atoms with van der Waals surface area (Å²) in [6, 6.07) is 0. The molecule has 0 radical (unpaired) electrons. The molecule has 0 heterocycles. The van der Waals surface area contributed by atoms with E-state index in [0.717, 1.165) is 38.5 Å². The van der Waals surface area contributed by atoms with Crippen molar-refractivity contribution in [1.29, 1.82) is 0 Å². The standard InChI is InChI=1S/C39H72O9/c1-4-33(26-42-27-34(5-2)47-36-20-12-8-7-9-13-21-36)46-31-38(44-6-3)28-43-30-39(48-37-22-16-11-17-23-37)29-41-24-32(40)25-45-35-18-14-10-15-19-35/h6,32-40H,3-5,7-31H2,1-2H3. The Labute approximate surface area is 293 Å². The Morgan fingerprint density at radius 3 is 1.52 bits per heavy atom. The molecule has 0 bridgehead atoms. The fourth-order valence-corrected chi connectivity index (χ4v) is 6.99. The molecule has 0 aromatic carbocycles. The zero-order valence-corrected chi connectivity index (χ0v) is 30.7. The first-order valence-corrected chi connectivity index (χ1v) is 19.8. The quantitative estimate of drug-likeness (QED) is 0.0921. The van der Waals surface area contributed by atoms with Crippen molar-refractivity contribution in [2.75, 3.05) is 52.9 Å². The number of hydrogen-bond donors (Lipinski definition) is 1. The van der Waals surface area contributed by atoms with Crippen LogP contribution in [0.1, 0.15) is 136 Å². The van der Waals surface area contributed by atoms with Gasteiger partial charge in [-0.1, -0.05) is 91.1 Å². The molecule has 0 aliphatic heterocycles. The fourth-order valence-electron chi connectivity index (χ4n) is 6.99. The van der Waals surface area contributed by atoms with Gasteiger partial charge in [0.1, 0.15) is 18.3 Å². The molecule has 48 heavy (non-hydrogen) atoms. The van der Waals surface area contributed by atoms with Crippen LogP contribution in [0.4, 0.5) is 0 Å². The first-order chi connectivity index (χ1) is 23.6. The molecule has 0 amide bonds. The van der Waals surface area contributed by atoms with Crippen LogP contribution in [-0.2, 0) is 37.9 Å². The molecule has 5 atom stereocenters. The number of rotatable bonds is 26.